The molecule has 1 aliphatic rings. The molecule has 1 atom stereocenters. The monoisotopic (exact) mass is 334 g/mol. The molecule has 0 heterocycles. The minimum Gasteiger partial charge on any atom is -0.348 e. The highest BCUT2D eigenvalue weighted by Gasteiger charge is 2.35. The van der Waals surface area contributed by atoms with Crippen molar-refractivity contribution in [3.05, 3.63) is 34.6 Å². The first kappa shape index (κ1) is 18.2. The zero-order valence-corrected chi connectivity index (χ0v) is 13.6. The largest absolute Gasteiger partial charge is 0.348 e. The van der Waals surface area contributed by atoms with Crippen molar-refractivity contribution < 1.29 is 9.18 Å². The Balaban J connectivity index is 0.00000220. The summed E-state index contributed by atoms with van der Waals surface area (Å²) in [5.74, 6) is -0.537. The highest BCUT2D eigenvalue weighted by Crippen LogP contribution is 2.28. The number of benzene rings is 1. The Morgan fingerprint density at radius 3 is 2.57 bits per heavy atom. The van der Waals surface area contributed by atoms with Gasteiger partial charge >= 0.3 is 0 Å². The predicted octanol–water partition coefficient (Wildman–Crippen LogP) is 3.74. The lowest BCUT2D eigenvalue weighted by atomic mass is 9.81. The number of nitrogens with two attached hydrogens (primary N) is 1. The van der Waals surface area contributed by atoms with Crippen LogP contribution in [0.3, 0.4) is 0 Å². The van der Waals surface area contributed by atoms with E-state index in [-0.39, 0.29) is 30.2 Å². The van der Waals surface area contributed by atoms with E-state index >= 15 is 0 Å². The van der Waals surface area contributed by atoms with Gasteiger partial charge < -0.3 is 11.1 Å². The summed E-state index contributed by atoms with van der Waals surface area (Å²) in [6.45, 7) is 1.82. The van der Waals surface area contributed by atoms with Gasteiger partial charge in [-0.25, -0.2) is 4.39 Å². The van der Waals surface area contributed by atoms with E-state index in [2.05, 4.69) is 5.32 Å². The molecule has 3 N–H and O–H groups in total. The van der Waals surface area contributed by atoms with E-state index in [4.69, 9.17) is 17.3 Å². The minimum absolute atomic E-state index is 0. The summed E-state index contributed by atoms with van der Waals surface area (Å²) in [5, 5.41) is 3.21. The first-order chi connectivity index (χ1) is 9.42. The maximum Gasteiger partial charge on any atom is 0.240 e. The SMILES string of the molecule is CC(NC(=O)C1(N)CCCCC1)c1ccc(F)cc1Cl.Cl. The van der Waals surface area contributed by atoms with Crippen LogP contribution >= 0.6 is 24.0 Å². The Morgan fingerprint density at radius 1 is 1.38 bits per heavy atom. The third-order valence-corrected chi connectivity index (χ3v) is 4.30. The summed E-state index contributed by atoms with van der Waals surface area (Å²) in [6, 6.07) is 3.88. The second kappa shape index (κ2) is 7.43. The topological polar surface area (TPSA) is 55.1 Å². The van der Waals surface area contributed by atoms with Crippen molar-refractivity contribution in [2.45, 2.75) is 50.6 Å². The maximum absolute atomic E-state index is 13.0. The van der Waals surface area contributed by atoms with Crippen LogP contribution < -0.4 is 11.1 Å². The second-order valence-corrected chi connectivity index (χ2v) is 5.98. The van der Waals surface area contributed by atoms with Crippen molar-refractivity contribution in [1.82, 2.24) is 5.32 Å². The Kier molecular flexibility index (Phi) is 6.44. The molecule has 21 heavy (non-hydrogen) atoms. The van der Waals surface area contributed by atoms with Gasteiger partial charge in [0.1, 0.15) is 5.82 Å². The molecular formula is C15H21Cl2FN2O. The molecule has 1 aromatic rings. The number of amides is 1. The number of rotatable bonds is 3. The molecule has 6 heteroatoms. The molecule has 0 aromatic heterocycles. The van der Waals surface area contributed by atoms with Gasteiger partial charge in [0, 0.05) is 5.02 Å². The van der Waals surface area contributed by atoms with Crippen LogP contribution in [-0.2, 0) is 4.79 Å². The number of nitrogens with one attached hydrogen (secondary N) is 1. The van der Waals surface area contributed by atoms with E-state index in [9.17, 15) is 9.18 Å². The Bertz CT molecular complexity index is 504. The zero-order valence-electron chi connectivity index (χ0n) is 12.0. The maximum atomic E-state index is 13.0. The third kappa shape index (κ3) is 4.31. The third-order valence-electron chi connectivity index (χ3n) is 3.97. The molecule has 2 rings (SSSR count). The van der Waals surface area contributed by atoms with Gasteiger partial charge in [-0.15, -0.1) is 12.4 Å². The van der Waals surface area contributed by atoms with E-state index < -0.39 is 5.54 Å². The van der Waals surface area contributed by atoms with Crippen molar-refractivity contribution in [3.63, 3.8) is 0 Å². The van der Waals surface area contributed by atoms with Crippen molar-refractivity contribution in [1.29, 1.82) is 0 Å². The van der Waals surface area contributed by atoms with Crippen LogP contribution in [0, 0.1) is 5.82 Å². The molecule has 0 bridgehead atoms. The molecule has 3 nitrogen and oxygen atoms in total. The summed E-state index contributed by atoms with van der Waals surface area (Å²) < 4.78 is 13.0. The number of carbonyl (C=O) groups is 1. The Labute approximate surface area is 135 Å². The molecule has 1 unspecified atom stereocenters. The number of hydrogen-bond donors (Lipinski definition) is 2. The standard InChI is InChI=1S/C15H20ClFN2O.ClH/c1-10(12-6-5-11(17)9-13(12)16)19-14(20)15(18)7-3-2-4-8-15;/h5-6,9-10H,2-4,7-8,18H2,1H3,(H,19,20);1H. The van der Waals surface area contributed by atoms with Crippen LogP contribution in [0.2, 0.25) is 5.02 Å². The molecular weight excluding hydrogens is 314 g/mol. The lowest BCUT2D eigenvalue weighted by Crippen LogP contribution is -2.55. The van der Waals surface area contributed by atoms with Gasteiger partial charge in [-0.05, 0) is 37.5 Å². The normalized spacial score (nSPS) is 18.5. The molecule has 0 saturated heterocycles. The molecule has 1 amide bonds. The smallest absolute Gasteiger partial charge is 0.240 e. The van der Waals surface area contributed by atoms with Crippen LogP contribution in [0.25, 0.3) is 0 Å². The molecule has 1 aliphatic carbocycles. The van der Waals surface area contributed by atoms with Gasteiger partial charge in [0.25, 0.3) is 0 Å². The van der Waals surface area contributed by atoms with Crippen molar-refractivity contribution in [3.8, 4) is 0 Å². The van der Waals surface area contributed by atoms with E-state index in [1.165, 1.54) is 12.1 Å². The summed E-state index contributed by atoms with van der Waals surface area (Å²) in [6.07, 6.45) is 4.52. The van der Waals surface area contributed by atoms with E-state index in [0.29, 0.717) is 23.4 Å². The highest BCUT2D eigenvalue weighted by atomic mass is 35.5. The first-order valence-electron chi connectivity index (χ1n) is 6.97. The molecule has 0 spiro atoms. The molecule has 0 radical (unpaired) electrons. The lowest BCUT2D eigenvalue weighted by Gasteiger charge is -2.33. The fourth-order valence-corrected chi connectivity index (χ4v) is 3.01. The molecule has 1 fully saturated rings. The van der Waals surface area contributed by atoms with Crippen molar-refractivity contribution in [2.75, 3.05) is 0 Å². The van der Waals surface area contributed by atoms with Gasteiger partial charge in [-0.1, -0.05) is 36.9 Å². The summed E-state index contributed by atoms with van der Waals surface area (Å²) in [5.41, 5.74) is 6.10. The van der Waals surface area contributed by atoms with E-state index in [1.54, 1.807) is 6.07 Å². The Morgan fingerprint density at radius 2 is 2.00 bits per heavy atom. The Hall–Kier alpha value is -0.840. The first-order valence-corrected chi connectivity index (χ1v) is 7.35. The van der Waals surface area contributed by atoms with Gasteiger partial charge in [0.05, 0.1) is 11.6 Å². The summed E-state index contributed by atoms with van der Waals surface area (Å²) >= 11 is 6.01. The zero-order chi connectivity index (χ0) is 14.8. The summed E-state index contributed by atoms with van der Waals surface area (Å²) in [4.78, 5) is 12.3. The summed E-state index contributed by atoms with van der Waals surface area (Å²) in [7, 11) is 0. The molecule has 1 saturated carbocycles. The number of halogens is 3. The quantitative estimate of drug-likeness (QED) is 0.884. The average Bonchev–Trinajstić information content (AvgIpc) is 2.39. The van der Waals surface area contributed by atoms with Crippen molar-refractivity contribution in [2.24, 2.45) is 5.73 Å². The van der Waals surface area contributed by atoms with Gasteiger partial charge in [0.2, 0.25) is 5.91 Å². The minimum atomic E-state index is -0.779. The van der Waals surface area contributed by atoms with Gasteiger partial charge in [-0.2, -0.15) is 0 Å². The van der Waals surface area contributed by atoms with Crippen LogP contribution in [0.4, 0.5) is 4.39 Å². The number of hydrogen-bond acceptors (Lipinski definition) is 2. The predicted molar refractivity (Wildman–Crippen MR) is 85.2 cm³/mol. The van der Waals surface area contributed by atoms with Crippen LogP contribution in [0.1, 0.15) is 50.6 Å². The van der Waals surface area contributed by atoms with E-state index in [0.717, 1.165) is 19.3 Å². The average molecular weight is 335 g/mol. The lowest BCUT2D eigenvalue weighted by molar-refractivity contribution is -0.128. The van der Waals surface area contributed by atoms with Gasteiger partial charge in [-0.3, -0.25) is 4.79 Å². The highest BCUT2D eigenvalue weighted by molar-refractivity contribution is 6.31. The molecule has 118 valence electrons. The number of carbonyl (C=O) groups excluding carboxylic acids is 1. The van der Waals surface area contributed by atoms with Crippen LogP contribution in [-0.4, -0.2) is 11.4 Å². The molecule has 1 aromatic carbocycles. The fraction of sp³-hybridized carbons (Fsp3) is 0.533. The van der Waals surface area contributed by atoms with Crippen molar-refractivity contribution >= 4 is 29.9 Å². The van der Waals surface area contributed by atoms with Crippen LogP contribution in [0.5, 0.6) is 0 Å². The molecule has 0 aliphatic heterocycles. The second-order valence-electron chi connectivity index (χ2n) is 5.58. The van der Waals surface area contributed by atoms with Crippen LogP contribution in [0.15, 0.2) is 18.2 Å². The fourth-order valence-electron chi connectivity index (χ4n) is 2.68. The van der Waals surface area contributed by atoms with E-state index in [1.807, 2.05) is 6.92 Å². The van der Waals surface area contributed by atoms with Gasteiger partial charge in [0.15, 0.2) is 0 Å².